The molecule has 15 heavy (non-hydrogen) atoms. The first-order chi connectivity index (χ1) is 6.81. The highest BCUT2D eigenvalue weighted by atomic mass is 32.2. The van der Waals surface area contributed by atoms with Crippen molar-refractivity contribution in [3.05, 3.63) is 0 Å². The highest BCUT2D eigenvalue weighted by Crippen LogP contribution is 2.55. The van der Waals surface area contributed by atoms with E-state index in [1.54, 1.807) is 0 Å². The Hall–Kier alpha value is -0.170. The molecule has 0 radical (unpaired) electrons. The Bertz CT molecular complexity index is 259. The molecule has 7 heteroatoms. The minimum absolute atomic E-state index is 0.203. The lowest BCUT2D eigenvalue weighted by Gasteiger charge is -2.43. The van der Waals surface area contributed by atoms with Crippen molar-refractivity contribution in [2.45, 2.75) is 24.7 Å². The highest BCUT2D eigenvalue weighted by Gasteiger charge is 2.71. The topological polar surface area (TPSA) is 43.1 Å². The third-order valence-electron chi connectivity index (χ3n) is 2.47. The van der Waals surface area contributed by atoms with Gasteiger partial charge >= 0.3 is 11.8 Å². The first-order valence-electron chi connectivity index (χ1n) is 4.62. The van der Waals surface area contributed by atoms with E-state index in [-0.39, 0.29) is 11.5 Å². The van der Waals surface area contributed by atoms with Crippen molar-refractivity contribution in [1.29, 1.82) is 0 Å². The van der Waals surface area contributed by atoms with E-state index >= 15 is 0 Å². The van der Waals surface area contributed by atoms with Crippen molar-refractivity contribution >= 4 is 10.8 Å². The molecule has 0 aliphatic heterocycles. The summed E-state index contributed by atoms with van der Waals surface area (Å²) in [5.41, 5.74) is 5.15. The number of alkyl halides is 4. The minimum atomic E-state index is -3.99. The molecular formula is C8H13F4NOS. The van der Waals surface area contributed by atoms with Gasteiger partial charge in [0.2, 0.25) is 0 Å². The normalized spacial score (nSPS) is 29.5. The zero-order valence-corrected chi connectivity index (χ0v) is 8.84. The van der Waals surface area contributed by atoms with Gasteiger partial charge < -0.3 is 5.73 Å². The molecule has 2 atom stereocenters. The molecule has 0 bridgehead atoms. The van der Waals surface area contributed by atoms with Gasteiger partial charge in [-0.3, -0.25) is 4.21 Å². The highest BCUT2D eigenvalue weighted by molar-refractivity contribution is 7.84. The number of rotatable bonds is 5. The van der Waals surface area contributed by atoms with Gasteiger partial charge in [-0.25, -0.2) is 0 Å². The molecule has 0 saturated heterocycles. The second kappa shape index (κ2) is 4.37. The zero-order chi connectivity index (χ0) is 11.7. The van der Waals surface area contributed by atoms with Crippen LogP contribution in [-0.2, 0) is 10.8 Å². The van der Waals surface area contributed by atoms with Crippen LogP contribution in [-0.4, -0.2) is 34.1 Å². The van der Waals surface area contributed by atoms with Crippen LogP contribution in [0.1, 0.15) is 12.8 Å². The van der Waals surface area contributed by atoms with E-state index in [1.165, 1.54) is 0 Å². The number of hydrogen-bond donors (Lipinski definition) is 1. The molecule has 0 spiro atoms. The number of nitrogens with two attached hydrogens (primary N) is 1. The van der Waals surface area contributed by atoms with Gasteiger partial charge in [0.25, 0.3) is 0 Å². The molecule has 2 N–H and O–H groups in total. The lowest BCUT2D eigenvalue weighted by molar-refractivity contribution is -0.307. The monoisotopic (exact) mass is 247 g/mol. The third kappa shape index (κ3) is 2.50. The number of halogens is 4. The van der Waals surface area contributed by atoms with Gasteiger partial charge in [0.05, 0.1) is 0 Å². The maximum atomic E-state index is 12.8. The van der Waals surface area contributed by atoms with Gasteiger partial charge in [-0.05, 0) is 13.0 Å². The molecule has 1 aliphatic carbocycles. The standard InChI is InChI=1S/C8H13F4NOS/c9-7(10)4-6(8(7,11)12)5-15(14)3-1-2-13/h6H,1-5,13H2. The predicted molar refractivity (Wildman–Crippen MR) is 49.5 cm³/mol. The van der Waals surface area contributed by atoms with Crippen LogP contribution in [0.15, 0.2) is 0 Å². The first kappa shape index (κ1) is 12.9. The molecule has 1 aliphatic rings. The van der Waals surface area contributed by atoms with Gasteiger partial charge in [0.1, 0.15) is 0 Å². The lowest BCUT2D eigenvalue weighted by Crippen LogP contribution is -2.60. The molecule has 0 amide bonds. The first-order valence-corrected chi connectivity index (χ1v) is 6.10. The fourth-order valence-electron chi connectivity index (χ4n) is 1.46. The summed E-state index contributed by atoms with van der Waals surface area (Å²) in [6.45, 7) is 0.322. The summed E-state index contributed by atoms with van der Waals surface area (Å²) in [6.07, 6.45) is -0.407. The lowest BCUT2D eigenvalue weighted by atomic mass is 9.78. The van der Waals surface area contributed by atoms with Gasteiger partial charge in [0, 0.05) is 34.6 Å². The van der Waals surface area contributed by atoms with E-state index in [1.807, 2.05) is 0 Å². The van der Waals surface area contributed by atoms with E-state index in [2.05, 4.69) is 0 Å². The summed E-state index contributed by atoms with van der Waals surface area (Å²) >= 11 is 0. The van der Waals surface area contributed by atoms with E-state index < -0.39 is 35.0 Å². The third-order valence-corrected chi connectivity index (χ3v) is 3.98. The van der Waals surface area contributed by atoms with Gasteiger partial charge in [-0.1, -0.05) is 0 Å². The van der Waals surface area contributed by atoms with Crippen LogP contribution in [0.3, 0.4) is 0 Å². The van der Waals surface area contributed by atoms with E-state index in [0.29, 0.717) is 13.0 Å². The largest absolute Gasteiger partial charge is 0.330 e. The average molecular weight is 247 g/mol. The van der Waals surface area contributed by atoms with Gasteiger partial charge in [-0.2, -0.15) is 17.6 Å². The van der Waals surface area contributed by atoms with E-state index in [4.69, 9.17) is 5.73 Å². The Morgan fingerprint density at radius 3 is 2.33 bits per heavy atom. The fourth-order valence-corrected chi connectivity index (χ4v) is 2.89. The molecule has 1 saturated carbocycles. The van der Waals surface area contributed by atoms with Crippen LogP contribution >= 0.6 is 0 Å². The zero-order valence-electron chi connectivity index (χ0n) is 8.02. The summed E-state index contributed by atoms with van der Waals surface area (Å²) < 4.78 is 61.5. The Balaban J connectivity index is 2.39. The quantitative estimate of drug-likeness (QED) is 0.746. The maximum absolute atomic E-state index is 12.8. The Morgan fingerprint density at radius 1 is 1.33 bits per heavy atom. The minimum Gasteiger partial charge on any atom is -0.330 e. The van der Waals surface area contributed by atoms with Crippen molar-refractivity contribution in [3.63, 3.8) is 0 Å². The fraction of sp³-hybridized carbons (Fsp3) is 1.00. The smallest absolute Gasteiger partial charge is 0.314 e. The summed E-state index contributed by atoms with van der Waals surface area (Å²) in [6, 6.07) is 0. The molecular weight excluding hydrogens is 234 g/mol. The predicted octanol–water partition coefficient (Wildman–Crippen LogP) is 1.37. The van der Waals surface area contributed by atoms with Crippen LogP contribution < -0.4 is 5.73 Å². The van der Waals surface area contributed by atoms with Crippen molar-refractivity contribution in [2.24, 2.45) is 11.7 Å². The molecule has 0 heterocycles. The number of hydrogen-bond acceptors (Lipinski definition) is 2. The Labute approximate surface area is 87.7 Å². The molecule has 0 aromatic carbocycles. The molecule has 0 aromatic heterocycles. The van der Waals surface area contributed by atoms with Crippen molar-refractivity contribution in [1.82, 2.24) is 0 Å². The van der Waals surface area contributed by atoms with Gasteiger partial charge in [0.15, 0.2) is 0 Å². The average Bonchev–Trinajstić information content (AvgIpc) is 2.13. The second-order valence-electron chi connectivity index (χ2n) is 3.68. The van der Waals surface area contributed by atoms with Crippen LogP contribution in [0.4, 0.5) is 17.6 Å². The van der Waals surface area contributed by atoms with Crippen molar-refractivity contribution in [2.75, 3.05) is 18.1 Å². The van der Waals surface area contributed by atoms with Crippen LogP contribution in [0.5, 0.6) is 0 Å². The van der Waals surface area contributed by atoms with Crippen LogP contribution in [0, 0.1) is 5.92 Å². The summed E-state index contributed by atoms with van der Waals surface area (Å²) in [5, 5.41) is 0. The summed E-state index contributed by atoms with van der Waals surface area (Å²) in [4.78, 5) is 0. The van der Waals surface area contributed by atoms with Crippen LogP contribution in [0.25, 0.3) is 0 Å². The van der Waals surface area contributed by atoms with Crippen molar-refractivity contribution < 1.29 is 21.8 Å². The Kier molecular flexibility index (Phi) is 3.76. The SMILES string of the molecule is NCCCS(=O)CC1CC(F)(F)C1(F)F. The van der Waals surface area contributed by atoms with E-state index in [0.717, 1.165) is 0 Å². The molecule has 1 rings (SSSR count). The maximum Gasteiger partial charge on any atom is 0.314 e. The molecule has 0 aromatic rings. The second-order valence-corrected chi connectivity index (χ2v) is 5.30. The van der Waals surface area contributed by atoms with Gasteiger partial charge in [-0.15, -0.1) is 0 Å². The van der Waals surface area contributed by atoms with Crippen molar-refractivity contribution in [3.8, 4) is 0 Å². The summed E-state index contributed by atoms with van der Waals surface area (Å²) in [5.74, 6) is -9.52. The molecule has 2 nitrogen and oxygen atoms in total. The molecule has 1 fully saturated rings. The Morgan fingerprint density at radius 2 is 1.93 bits per heavy atom. The summed E-state index contributed by atoms with van der Waals surface area (Å²) in [7, 11) is -1.47. The molecule has 90 valence electrons. The van der Waals surface area contributed by atoms with E-state index in [9.17, 15) is 21.8 Å². The molecule has 2 unspecified atom stereocenters. The van der Waals surface area contributed by atoms with Crippen LogP contribution in [0.2, 0.25) is 0 Å².